The second-order valence-electron chi connectivity index (χ2n) is 4.05. The number of nitrogens with one attached hydrogen (secondary N) is 1. The van der Waals surface area contributed by atoms with E-state index < -0.39 is 11.8 Å². The average molecular weight is 223 g/mol. The largest absolute Gasteiger partial charge is 0.478 e. The molecule has 1 unspecified atom stereocenters. The normalized spacial score (nSPS) is 20.7. The molecule has 1 aromatic rings. The maximum absolute atomic E-state index is 13.7. The van der Waals surface area contributed by atoms with E-state index >= 15 is 0 Å². The highest BCUT2D eigenvalue weighted by atomic mass is 19.1. The maximum Gasteiger partial charge on any atom is 0.336 e. The molecule has 1 fully saturated rings. The monoisotopic (exact) mass is 223 g/mol. The van der Waals surface area contributed by atoms with Crippen molar-refractivity contribution in [2.45, 2.75) is 18.8 Å². The van der Waals surface area contributed by atoms with Crippen LogP contribution in [0.5, 0.6) is 0 Å². The number of carboxylic acids is 1. The van der Waals surface area contributed by atoms with E-state index in [0.29, 0.717) is 12.1 Å². The minimum absolute atomic E-state index is 0.0268. The molecule has 0 bridgehead atoms. The van der Waals surface area contributed by atoms with Crippen LogP contribution in [-0.4, -0.2) is 24.2 Å². The summed E-state index contributed by atoms with van der Waals surface area (Å²) in [7, 11) is 0. The first-order chi connectivity index (χ1) is 7.70. The zero-order valence-corrected chi connectivity index (χ0v) is 8.87. The Morgan fingerprint density at radius 1 is 1.50 bits per heavy atom. The molecular formula is C12H14FNO2. The lowest BCUT2D eigenvalue weighted by Gasteiger charge is -2.24. The van der Waals surface area contributed by atoms with E-state index in [9.17, 15) is 9.18 Å². The van der Waals surface area contributed by atoms with Crippen molar-refractivity contribution >= 4 is 5.97 Å². The van der Waals surface area contributed by atoms with Crippen LogP contribution in [0, 0.1) is 5.82 Å². The van der Waals surface area contributed by atoms with Gasteiger partial charge >= 0.3 is 5.97 Å². The SMILES string of the molecule is O=C(O)c1cccc(F)c1C1CCCNC1. The summed E-state index contributed by atoms with van der Waals surface area (Å²) in [5, 5.41) is 12.2. The molecule has 1 heterocycles. The Balaban J connectivity index is 2.40. The van der Waals surface area contributed by atoms with Gasteiger partial charge in [0, 0.05) is 18.0 Å². The first-order valence-corrected chi connectivity index (χ1v) is 5.42. The molecule has 0 saturated carbocycles. The molecule has 1 aliphatic heterocycles. The number of aromatic carboxylic acids is 1. The molecule has 2 N–H and O–H groups in total. The lowest BCUT2D eigenvalue weighted by Crippen LogP contribution is -2.29. The van der Waals surface area contributed by atoms with Crippen molar-refractivity contribution in [1.82, 2.24) is 5.32 Å². The fourth-order valence-electron chi connectivity index (χ4n) is 2.24. The van der Waals surface area contributed by atoms with Crippen LogP contribution in [0.4, 0.5) is 4.39 Å². The number of piperidine rings is 1. The van der Waals surface area contributed by atoms with Crippen LogP contribution in [0.3, 0.4) is 0 Å². The van der Waals surface area contributed by atoms with Crippen molar-refractivity contribution in [2.24, 2.45) is 0 Å². The molecule has 1 aliphatic rings. The van der Waals surface area contributed by atoms with Crippen molar-refractivity contribution in [3.63, 3.8) is 0 Å². The first kappa shape index (κ1) is 11.1. The molecule has 3 nitrogen and oxygen atoms in total. The molecule has 1 aromatic carbocycles. The first-order valence-electron chi connectivity index (χ1n) is 5.42. The smallest absolute Gasteiger partial charge is 0.336 e. The number of rotatable bonds is 2. The van der Waals surface area contributed by atoms with Crippen LogP contribution in [0.2, 0.25) is 0 Å². The predicted molar refractivity (Wildman–Crippen MR) is 58.2 cm³/mol. The van der Waals surface area contributed by atoms with Crippen molar-refractivity contribution in [1.29, 1.82) is 0 Å². The highest BCUT2D eigenvalue weighted by Crippen LogP contribution is 2.28. The minimum atomic E-state index is -1.06. The van der Waals surface area contributed by atoms with Crippen LogP contribution in [0.1, 0.15) is 34.7 Å². The van der Waals surface area contributed by atoms with Gasteiger partial charge in [-0.3, -0.25) is 0 Å². The quantitative estimate of drug-likeness (QED) is 0.806. The Hall–Kier alpha value is -1.42. The summed E-state index contributed by atoms with van der Waals surface area (Å²) in [5.74, 6) is -1.49. The summed E-state index contributed by atoms with van der Waals surface area (Å²) in [6.07, 6.45) is 1.80. The molecule has 1 saturated heterocycles. The highest BCUT2D eigenvalue weighted by molar-refractivity contribution is 5.89. The van der Waals surface area contributed by atoms with Crippen molar-refractivity contribution in [3.05, 3.63) is 35.1 Å². The second-order valence-corrected chi connectivity index (χ2v) is 4.05. The maximum atomic E-state index is 13.7. The van der Waals surface area contributed by atoms with E-state index in [1.165, 1.54) is 18.2 Å². The summed E-state index contributed by atoms with van der Waals surface area (Å²) in [6, 6.07) is 4.24. The molecular weight excluding hydrogens is 209 g/mol. The molecule has 2 rings (SSSR count). The molecule has 16 heavy (non-hydrogen) atoms. The third kappa shape index (κ3) is 2.07. The summed E-state index contributed by atoms with van der Waals surface area (Å²) < 4.78 is 13.7. The molecule has 0 aliphatic carbocycles. The van der Waals surface area contributed by atoms with E-state index in [0.717, 1.165) is 19.4 Å². The van der Waals surface area contributed by atoms with Crippen LogP contribution >= 0.6 is 0 Å². The fraction of sp³-hybridized carbons (Fsp3) is 0.417. The zero-order chi connectivity index (χ0) is 11.5. The molecule has 1 atom stereocenters. The highest BCUT2D eigenvalue weighted by Gasteiger charge is 2.24. The second kappa shape index (κ2) is 4.61. The lowest BCUT2D eigenvalue weighted by atomic mass is 9.88. The van der Waals surface area contributed by atoms with Gasteiger partial charge in [0.25, 0.3) is 0 Å². The minimum Gasteiger partial charge on any atom is -0.478 e. The van der Waals surface area contributed by atoms with Gasteiger partial charge in [-0.15, -0.1) is 0 Å². The molecule has 4 heteroatoms. The average Bonchev–Trinajstić information content (AvgIpc) is 2.29. The molecule has 86 valence electrons. The lowest BCUT2D eigenvalue weighted by molar-refractivity contribution is 0.0694. The molecule has 0 radical (unpaired) electrons. The van der Waals surface area contributed by atoms with Gasteiger partial charge in [-0.1, -0.05) is 6.07 Å². The summed E-state index contributed by atoms with van der Waals surface area (Å²) >= 11 is 0. The summed E-state index contributed by atoms with van der Waals surface area (Å²) in [5.41, 5.74) is 0.441. The van der Waals surface area contributed by atoms with Gasteiger partial charge in [-0.05, 0) is 31.5 Å². The van der Waals surface area contributed by atoms with Crippen molar-refractivity contribution in [2.75, 3.05) is 13.1 Å². The zero-order valence-electron chi connectivity index (χ0n) is 8.87. The molecule has 0 spiro atoms. The topological polar surface area (TPSA) is 49.3 Å². The van der Waals surface area contributed by atoms with E-state index in [-0.39, 0.29) is 11.5 Å². The predicted octanol–water partition coefficient (Wildman–Crippen LogP) is 1.99. The van der Waals surface area contributed by atoms with Crippen LogP contribution in [0.25, 0.3) is 0 Å². The number of hydrogen-bond acceptors (Lipinski definition) is 2. The van der Waals surface area contributed by atoms with Gasteiger partial charge in [-0.2, -0.15) is 0 Å². The Labute approximate surface area is 93.3 Å². The van der Waals surface area contributed by atoms with Crippen LogP contribution in [0.15, 0.2) is 18.2 Å². The van der Waals surface area contributed by atoms with E-state index in [2.05, 4.69) is 5.32 Å². The fourth-order valence-corrected chi connectivity index (χ4v) is 2.24. The summed E-state index contributed by atoms with van der Waals surface area (Å²) in [6.45, 7) is 1.58. The Bertz CT molecular complexity index is 400. The third-order valence-electron chi connectivity index (χ3n) is 2.99. The number of halogens is 1. The van der Waals surface area contributed by atoms with E-state index in [1.54, 1.807) is 0 Å². The Morgan fingerprint density at radius 2 is 2.31 bits per heavy atom. The number of benzene rings is 1. The van der Waals surface area contributed by atoms with Crippen molar-refractivity contribution in [3.8, 4) is 0 Å². The Kier molecular flexibility index (Phi) is 3.19. The van der Waals surface area contributed by atoms with Gasteiger partial charge in [0.2, 0.25) is 0 Å². The van der Waals surface area contributed by atoms with Crippen LogP contribution < -0.4 is 5.32 Å². The number of carbonyl (C=O) groups is 1. The van der Waals surface area contributed by atoms with Gasteiger partial charge in [0.15, 0.2) is 0 Å². The van der Waals surface area contributed by atoms with E-state index in [1.807, 2.05) is 0 Å². The van der Waals surface area contributed by atoms with Gasteiger partial charge in [-0.25, -0.2) is 9.18 Å². The Morgan fingerprint density at radius 3 is 2.94 bits per heavy atom. The van der Waals surface area contributed by atoms with Crippen LogP contribution in [-0.2, 0) is 0 Å². The van der Waals surface area contributed by atoms with E-state index in [4.69, 9.17) is 5.11 Å². The molecule has 0 amide bonds. The standard InChI is InChI=1S/C12H14FNO2/c13-10-5-1-4-9(12(15)16)11(10)8-3-2-6-14-7-8/h1,4-5,8,14H,2-3,6-7H2,(H,15,16). The van der Waals surface area contributed by atoms with Gasteiger partial charge in [0.05, 0.1) is 5.56 Å². The number of carboxylic acid groups (broad SMARTS) is 1. The van der Waals surface area contributed by atoms with Crippen molar-refractivity contribution < 1.29 is 14.3 Å². The third-order valence-corrected chi connectivity index (χ3v) is 2.99. The number of hydrogen-bond donors (Lipinski definition) is 2. The van der Waals surface area contributed by atoms with Gasteiger partial charge in [0.1, 0.15) is 5.82 Å². The molecule has 0 aromatic heterocycles. The van der Waals surface area contributed by atoms with Gasteiger partial charge < -0.3 is 10.4 Å². The summed E-state index contributed by atoms with van der Waals surface area (Å²) in [4.78, 5) is 11.0.